The lowest BCUT2D eigenvalue weighted by Gasteiger charge is -2.34. The van der Waals surface area contributed by atoms with Crippen LogP contribution < -0.4 is 10.6 Å². The highest BCUT2D eigenvalue weighted by molar-refractivity contribution is 6.34. The average Bonchev–Trinajstić information content (AvgIpc) is 2.73. The molecule has 4 nitrogen and oxygen atoms in total. The van der Waals surface area contributed by atoms with Gasteiger partial charge in [-0.25, -0.2) is 13.2 Å². The van der Waals surface area contributed by atoms with E-state index < -0.39 is 35.5 Å². The van der Waals surface area contributed by atoms with Crippen molar-refractivity contribution in [3.05, 3.63) is 87.2 Å². The molecule has 3 aromatic rings. The highest BCUT2D eigenvalue weighted by Gasteiger charge is 2.42. The number of carbonyl (C=O) groups excluding carboxylic acids is 2. The molecule has 0 radical (unpaired) electrons. The summed E-state index contributed by atoms with van der Waals surface area (Å²) in [5, 5.41) is 0.126. The van der Waals surface area contributed by atoms with Crippen LogP contribution in [0.3, 0.4) is 0 Å². The van der Waals surface area contributed by atoms with Crippen LogP contribution in [0.4, 0.5) is 18.9 Å². The van der Waals surface area contributed by atoms with Crippen LogP contribution in [0.5, 0.6) is 0 Å². The zero-order valence-electron chi connectivity index (χ0n) is 16.3. The van der Waals surface area contributed by atoms with E-state index in [-0.39, 0.29) is 33.4 Å². The maximum Gasteiger partial charge on any atom is 0.276 e. The average molecular weight is 479 g/mol. The van der Waals surface area contributed by atoms with Crippen molar-refractivity contribution in [2.24, 2.45) is 5.73 Å². The molecule has 0 saturated heterocycles. The van der Waals surface area contributed by atoms with Gasteiger partial charge in [-0.2, -0.15) is 0 Å². The van der Waals surface area contributed by atoms with E-state index in [1.807, 2.05) is 0 Å². The molecule has 0 aromatic heterocycles. The predicted octanol–water partition coefficient (Wildman–Crippen LogP) is 6.04. The van der Waals surface area contributed by atoms with E-state index in [2.05, 4.69) is 0 Å². The number of nitrogens with zero attached hydrogens (tertiary/aromatic N) is 1. The molecule has 0 saturated carbocycles. The summed E-state index contributed by atoms with van der Waals surface area (Å²) in [6.45, 7) is -0.319. The maximum absolute atomic E-state index is 14.9. The fourth-order valence-corrected chi connectivity index (χ4v) is 4.16. The standard InChI is InChI=1S/C23H15Cl2F3N2O2/c24-16-6-4-13(21(29)31)10-14(16)12-5-7-19-15(11-12)23(27,28)8-9-30(19)22(32)20-17(25)2-1-3-18(20)26/h1-7,10-11H,8-9H2,(H2,29,31). The third-order valence-corrected chi connectivity index (χ3v) is 5.96. The first-order valence-electron chi connectivity index (χ1n) is 9.48. The molecule has 0 unspecified atom stereocenters. The molecule has 9 heteroatoms. The van der Waals surface area contributed by atoms with Crippen molar-refractivity contribution in [3.8, 4) is 11.1 Å². The van der Waals surface area contributed by atoms with Crippen molar-refractivity contribution in [1.29, 1.82) is 0 Å². The van der Waals surface area contributed by atoms with E-state index in [1.165, 1.54) is 48.5 Å². The number of carbonyl (C=O) groups is 2. The first-order valence-corrected chi connectivity index (χ1v) is 10.2. The monoisotopic (exact) mass is 478 g/mol. The van der Waals surface area contributed by atoms with Gasteiger partial charge in [0, 0.05) is 34.7 Å². The van der Waals surface area contributed by atoms with Crippen molar-refractivity contribution in [2.45, 2.75) is 12.3 Å². The summed E-state index contributed by atoms with van der Waals surface area (Å²) >= 11 is 12.2. The van der Waals surface area contributed by atoms with Gasteiger partial charge >= 0.3 is 0 Å². The maximum atomic E-state index is 14.9. The van der Waals surface area contributed by atoms with Crippen LogP contribution in [0.25, 0.3) is 11.1 Å². The lowest BCUT2D eigenvalue weighted by atomic mass is 9.92. The summed E-state index contributed by atoms with van der Waals surface area (Å²) in [4.78, 5) is 25.6. The largest absolute Gasteiger partial charge is 0.366 e. The smallest absolute Gasteiger partial charge is 0.276 e. The summed E-state index contributed by atoms with van der Waals surface area (Å²) in [6.07, 6.45) is -0.656. The SMILES string of the molecule is NC(=O)c1ccc(Cl)c(-c2ccc3c(c2)C(F)(F)CCN3C(=O)c2c(F)cccc2Cl)c1. The van der Waals surface area contributed by atoms with Gasteiger partial charge in [0.1, 0.15) is 5.82 Å². The summed E-state index contributed by atoms with van der Waals surface area (Å²) < 4.78 is 44.0. The first kappa shape index (κ1) is 22.2. The van der Waals surface area contributed by atoms with Crippen LogP contribution in [0, 0.1) is 5.82 Å². The van der Waals surface area contributed by atoms with E-state index in [9.17, 15) is 22.8 Å². The van der Waals surface area contributed by atoms with E-state index >= 15 is 0 Å². The third kappa shape index (κ3) is 3.82. The third-order valence-electron chi connectivity index (χ3n) is 5.31. The number of benzene rings is 3. The molecule has 3 aromatic carbocycles. The van der Waals surface area contributed by atoms with Crippen LogP contribution in [-0.4, -0.2) is 18.4 Å². The molecule has 2 amide bonds. The predicted molar refractivity (Wildman–Crippen MR) is 117 cm³/mol. The number of hydrogen-bond acceptors (Lipinski definition) is 2. The summed E-state index contributed by atoms with van der Waals surface area (Å²) in [7, 11) is 0. The van der Waals surface area contributed by atoms with Gasteiger partial charge in [-0.1, -0.05) is 35.3 Å². The zero-order valence-corrected chi connectivity index (χ0v) is 17.9. The minimum Gasteiger partial charge on any atom is -0.366 e. The molecule has 1 heterocycles. The molecule has 0 atom stereocenters. The fraction of sp³-hybridized carbons (Fsp3) is 0.130. The molecule has 164 valence electrons. The van der Waals surface area contributed by atoms with Gasteiger partial charge in [0.2, 0.25) is 5.91 Å². The Hall–Kier alpha value is -3.03. The Morgan fingerprint density at radius 3 is 2.44 bits per heavy atom. The van der Waals surface area contributed by atoms with Crippen molar-refractivity contribution in [1.82, 2.24) is 0 Å². The quantitative estimate of drug-likeness (QED) is 0.498. The van der Waals surface area contributed by atoms with Gasteiger partial charge in [-0.3, -0.25) is 9.59 Å². The Labute approximate surface area is 191 Å². The Morgan fingerprint density at radius 1 is 1.00 bits per heavy atom. The molecule has 4 rings (SSSR count). The van der Waals surface area contributed by atoms with E-state index in [4.69, 9.17) is 28.9 Å². The molecule has 1 aliphatic heterocycles. The van der Waals surface area contributed by atoms with Crippen LogP contribution in [-0.2, 0) is 5.92 Å². The molecule has 0 spiro atoms. The number of alkyl halides is 2. The molecule has 2 N–H and O–H groups in total. The Bertz CT molecular complexity index is 1240. The van der Waals surface area contributed by atoms with Crippen molar-refractivity contribution in [3.63, 3.8) is 0 Å². The number of hydrogen-bond donors (Lipinski definition) is 1. The number of rotatable bonds is 3. The minimum atomic E-state index is -3.24. The molecular weight excluding hydrogens is 464 g/mol. The van der Waals surface area contributed by atoms with E-state index in [0.717, 1.165) is 11.0 Å². The van der Waals surface area contributed by atoms with Crippen molar-refractivity contribution < 1.29 is 22.8 Å². The fourth-order valence-electron chi connectivity index (χ4n) is 3.69. The van der Waals surface area contributed by atoms with Crippen molar-refractivity contribution >= 4 is 40.7 Å². The van der Waals surface area contributed by atoms with Crippen LogP contribution in [0.15, 0.2) is 54.6 Å². The number of primary amides is 1. The van der Waals surface area contributed by atoms with Crippen LogP contribution >= 0.6 is 23.2 Å². The van der Waals surface area contributed by atoms with Crippen LogP contribution in [0.2, 0.25) is 10.0 Å². The lowest BCUT2D eigenvalue weighted by molar-refractivity contribution is -0.0146. The number of amides is 2. The molecular formula is C23H15Cl2F3N2O2. The Morgan fingerprint density at radius 2 is 1.75 bits per heavy atom. The van der Waals surface area contributed by atoms with Crippen molar-refractivity contribution in [2.75, 3.05) is 11.4 Å². The van der Waals surface area contributed by atoms with Gasteiger partial charge in [-0.15, -0.1) is 0 Å². The number of nitrogens with two attached hydrogens (primary N) is 1. The van der Waals surface area contributed by atoms with Gasteiger partial charge in [0.25, 0.3) is 11.8 Å². The lowest BCUT2D eigenvalue weighted by Crippen LogP contribution is -2.40. The zero-order chi connectivity index (χ0) is 23.2. The Kier molecular flexibility index (Phi) is 5.65. The number of halogens is 5. The highest BCUT2D eigenvalue weighted by Crippen LogP contribution is 2.45. The van der Waals surface area contributed by atoms with Gasteiger partial charge in [0.05, 0.1) is 16.3 Å². The molecule has 0 bridgehead atoms. The normalized spacial score (nSPS) is 14.7. The van der Waals surface area contributed by atoms with Crippen LogP contribution in [0.1, 0.15) is 32.7 Å². The summed E-state index contributed by atoms with van der Waals surface area (Å²) in [6, 6.07) is 12.1. The molecule has 0 fully saturated rings. The molecule has 1 aliphatic rings. The topological polar surface area (TPSA) is 63.4 Å². The van der Waals surface area contributed by atoms with Gasteiger partial charge in [-0.05, 0) is 48.0 Å². The number of anilines is 1. The van der Waals surface area contributed by atoms with E-state index in [1.54, 1.807) is 0 Å². The minimum absolute atomic E-state index is 0.0588. The molecule has 32 heavy (non-hydrogen) atoms. The molecule has 0 aliphatic carbocycles. The Balaban J connectivity index is 1.83. The van der Waals surface area contributed by atoms with Gasteiger partial charge in [0.15, 0.2) is 0 Å². The second-order valence-electron chi connectivity index (χ2n) is 7.30. The summed E-state index contributed by atoms with van der Waals surface area (Å²) in [5.74, 6) is -5.58. The van der Waals surface area contributed by atoms with Gasteiger partial charge < -0.3 is 10.6 Å². The second kappa shape index (κ2) is 8.15. The highest BCUT2D eigenvalue weighted by atomic mass is 35.5. The second-order valence-corrected chi connectivity index (χ2v) is 8.11. The summed E-state index contributed by atoms with van der Waals surface area (Å²) in [5.41, 5.74) is 5.27. The van der Waals surface area contributed by atoms with E-state index in [0.29, 0.717) is 11.1 Å². The number of fused-ring (bicyclic) bond motifs is 1. The first-order chi connectivity index (χ1) is 15.1.